The number of primary sulfonamides is 1. The summed E-state index contributed by atoms with van der Waals surface area (Å²) in [5.74, 6) is -0.832. The first-order valence-electron chi connectivity index (χ1n) is 6.49. The number of pyridine rings is 1. The molecule has 7 nitrogen and oxygen atoms in total. The number of carbonyl (C=O) groups excluding carboxylic acids is 1. The summed E-state index contributed by atoms with van der Waals surface area (Å²) in [6, 6.07) is 2.55. The van der Waals surface area contributed by atoms with Crippen LogP contribution in [0.4, 0.5) is 4.39 Å². The van der Waals surface area contributed by atoms with Crippen LogP contribution in [0.2, 0.25) is 0 Å². The molecule has 1 aliphatic heterocycles. The molecule has 0 aromatic carbocycles. The van der Waals surface area contributed by atoms with Gasteiger partial charge in [0.1, 0.15) is 11.5 Å². The summed E-state index contributed by atoms with van der Waals surface area (Å²) in [4.78, 5) is 19.5. The van der Waals surface area contributed by atoms with Crippen LogP contribution in [0.1, 0.15) is 10.5 Å². The SMILES string of the molecule is NS(=O)(=O)CCN1CCN(C(=O)c2ccc(F)cn2)CC1. The average molecular weight is 316 g/mol. The quantitative estimate of drug-likeness (QED) is 0.790. The van der Waals surface area contributed by atoms with E-state index in [4.69, 9.17) is 5.14 Å². The highest BCUT2D eigenvalue weighted by molar-refractivity contribution is 7.89. The molecule has 2 heterocycles. The second-order valence-electron chi connectivity index (χ2n) is 4.86. The van der Waals surface area contributed by atoms with Crippen LogP contribution in [-0.2, 0) is 10.0 Å². The third-order valence-electron chi connectivity index (χ3n) is 3.30. The maximum absolute atomic E-state index is 12.8. The second kappa shape index (κ2) is 6.46. The fraction of sp³-hybridized carbons (Fsp3) is 0.500. The predicted molar refractivity (Wildman–Crippen MR) is 74.5 cm³/mol. The van der Waals surface area contributed by atoms with Gasteiger partial charge in [0.25, 0.3) is 5.91 Å². The Labute approximate surface area is 122 Å². The molecule has 0 saturated carbocycles. The van der Waals surface area contributed by atoms with Gasteiger partial charge >= 0.3 is 0 Å². The first kappa shape index (κ1) is 15.8. The molecule has 0 radical (unpaired) electrons. The van der Waals surface area contributed by atoms with Crippen molar-refractivity contribution in [2.24, 2.45) is 5.14 Å². The first-order valence-corrected chi connectivity index (χ1v) is 8.20. The van der Waals surface area contributed by atoms with Crippen molar-refractivity contribution >= 4 is 15.9 Å². The number of nitrogens with two attached hydrogens (primary N) is 1. The van der Waals surface area contributed by atoms with E-state index in [1.54, 1.807) is 4.90 Å². The zero-order chi connectivity index (χ0) is 15.5. The number of hydrogen-bond acceptors (Lipinski definition) is 5. The molecule has 0 spiro atoms. The molecule has 2 N–H and O–H groups in total. The Bertz CT molecular complexity index is 597. The van der Waals surface area contributed by atoms with E-state index in [1.807, 2.05) is 4.90 Å². The maximum Gasteiger partial charge on any atom is 0.272 e. The standard InChI is InChI=1S/C12H17FN4O3S/c13-10-1-2-11(15-9-10)12(18)17-5-3-16(4-6-17)7-8-21(14,19)20/h1-2,9H,3-8H2,(H2,14,19,20). The maximum atomic E-state index is 12.8. The largest absolute Gasteiger partial charge is 0.335 e. The van der Waals surface area contributed by atoms with E-state index in [1.165, 1.54) is 12.1 Å². The number of amides is 1. The normalized spacial score (nSPS) is 17.0. The lowest BCUT2D eigenvalue weighted by atomic mass is 10.2. The van der Waals surface area contributed by atoms with Gasteiger partial charge in [-0.25, -0.2) is 22.9 Å². The van der Waals surface area contributed by atoms with E-state index in [9.17, 15) is 17.6 Å². The number of hydrogen-bond donors (Lipinski definition) is 1. The van der Waals surface area contributed by atoms with Gasteiger partial charge in [-0.2, -0.15) is 0 Å². The predicted octanol–water partition coefficient (Wildman–Crippen LogP) is -0.733. The van der Waals surface area contributed by atoms with Gasteiger partial charge in [0, 0.05) is 32.7 Å². The van der Waals surface area contributed by atoms with Gasteiger partial charge in [-0.05, 0) is 12.1 Å². The summed E-state index contributed by atoms with van der Waals surface area (Å²) in [7, 11) is -3.47. The van der Waals surface area contributed by atoms with E-state index in [2.05, 4.69) is 4.98 Å². The van der Waals surface area contributed by atoms with E-state index in [0.29, 0.717) is 32.7 Å². The minimum Gasteiger partial charge on any atom is -0.335 e. The molecule has 2 rings (SSSR count). The lowest BCUT2D eigenvalue weighted by Crippen LogP contribution is -2.50. The highest BCUT2D eigenvalue weighted by Gasteiger charge is 2.23. The minimum atomic E-state index is -3.47. The summed E-state index contributed by atoms with van der Waals surface area (Å²) in [6.07, 6.45) is 1.01. The summed E-state index contributed by atoms with van der Waals surface area (Å²) in [6.45, 7) is 2.45. The second-order valence-corrected chi connectivity index (χ2v) is 6.60. The van der Waals surface area contributed by atoms with Crippen molar-refractivity contribution in [2.45, 2.75) is 0 Å². The molecule has 9 heteroatoms. The van der Waals surface area contributed by atoms with Crippen molar-refractivity contribution < 1.29 is 17.6 Å². The van der Waals surface area contributed by atoms with Gasteiger partial charge in [0.15, 0.2) is 0 Å². The molecule has 1 aromatic heterocycles. The summed E-state index contributed by atoms with van der Waals surface area (Å²) < 4.78 is 34.6. The lowest BCUT2D eigenvalue weighted by molar-refractivity contribution is 0.0638. The number of carbonyl (C=O) groups is 1. The van der Waals surface area contributed by atoms with Gasteiger partial charge in [0.05, 0.1) is 11.9 Å². The van der Waals surface area contributed by atoms with Crippen molar-refractivity contribution in [2.75, 3.05) is 38.5 Å². The fourth-order valence-electron chi connectivity index (χ4n) is 2.10. The third kappa shape index (κ3) is 4.73. The van der Waals surface area contributed by atoms with Crippen LogP contribution >= 0.6 is 0 Å². The molecular formula is C12H17FN4O3S. The number of halogens is 1. The van der Waals surface area contributed by atoms with Crippen LogP contribution in [0.5, 0.6) is 0 Å². The molecule has 1 aromatic rings. The Hall–Kier alpha value is -1.58. The zero-order valence-electron chi connectivity index (χ0n) is 11.4. The Balaban J connectivity index is 1.86. The molecule has 0 atom stereocenters. The summed E-state index contributed by atoms with van der Waals surface area (Å²) in [5, 5.41) is 4.96. The van der Waals surface area contributed by atoms with Crippen molar-refractivity contribution in [1.29, 1.82) is 0 Å². The van der Waals surface area contributed by atoms with Gasteiger partial charge in [-0.3, -0.25) is 9.69 Å². The summed E-state index contributed by atoms with van der Waals surface area (Å²) >= 11 is 0. The summed E-state index contributed by atoms with van der Waals surface area (Å²) in [5.41, 5.74) is 0.203. The highest BCUT2D eigenvalue weighted by atomic mass is 32.2. The van der Waals surface area contributed by atoms with E-state index in [0.717, 1.165) is 6.20 Å². The monoisotopic (exact) mass is 316 g/mol. The Morgan fingerprint density at radius 2 is 1.95 bits per heavy atom. The Kier molecular flexibility index (Phi) is 4.86. The molecular weight excluding hydrogens is 299 g/mol. The van der Waals surface area contributed by atoms with E-state index >= 15 is 0 Å². The molecule has 0 unspecified atom stereocenters. The zero-order valence-corrected chi connectivity index (χ0v) is 12.2. The molecule has 1 amide bonds. The molecule has 1 aliphatic rings. The van der Waals surface area contributed by atoms with Crippen LogP contribution in [0.15, 0.2) is 18.3 Å². The van der Waals surface area contributed by atoms with E-state index < -0.39 is 15.8 Å². The molecule has 116 valence electrons. The molecule has 1 saturated heterocycles. The van der Waals surface area contributed by atoms with Gasteiger partial charge < -0.3 is 4.90 Å². The fourth-order valence-corrected chi connectivity index (χ4v) is 2.61. The minimum absolute atomic E-state index is 0.0968. The third-order valence-corrected chi connectivity index (χ3v) is 4.05. The van der Waals surface area contributed by atoms with E-state index in [-0.39, 0.29) is 17.4 Å². The topological polar surface area (TPSA) is 96.6 Å². The average Bonchev–Trinajstić information content (AvgIpc) is 2.45. The van der Waals surface area contributed by atoms with Crippen molar-refractivity contribution in [3.63, 3.8) is 0 Å². The van der Waals surface area contributed by atoms with Crippen molar-refractivity contribution in [1.82, 2.24) is 14.8 Å². The van der Waals surface area contributed by atoms with Crippen LogP contribution in [0.3, 0.4) is 0 Å². The van der Waals surface area contributed by atoms with Gasteiger partial charge in [0.2, 0.25) is 10.0 Å². The smallest absolute Gasteiger partial charge is 0.272 e. The van der Waals surface area contributed by atoms with Crippen LogP contribution in [-0.4, -0.2) is 67.6 Å². The Morgan fingerprint density at radius 3 is 2.48 bits per heavy atom. The lowest BCUT2D eigenvalue weighted by Gasteiger charge is -2.34. The number of nitrogens with zero attached hydrogens (tertiary/aromatic N) is 3. The number of piperazine rings is 1. The molecule has 21 heavy (non-hydrogen) atoms. The first-order chi connectivity index (χ1) is 9.85. The molecule has 0 bridgehead atoms. The van der Waals surface area contributed by atoms with Gasteiger partial charge in [-0.15, -0.1) is 0 Å². The Morgan fingerprint density at radius 1 is 1.29 bits per heavy atom. The van der Waals surface area contributed by atoms with Gasteiger partial charge in [-0.1, -0.05) is 0 Å². The van der Waals surface area contributed by atoms with Crippen LogP contribution < -0.4 is 5.14 Å². The van der Waals surface area contributed by atoms with Crippen LogP contribution in [0.25, 0.3) is 0 Å². The van der Waals surface area contributed by atoms with Crippen LogP contribution in [0, 0.1) is 5.82 Å². The number of sulfonamides is 1. The molecule has 1 fully saturated rings. The van der Waals surface area contributed by atoms with Crippen molar-refractivity contribution in [3.05, 3.63) is 29.8 Å². The number of rotatable bonds is 4. The molecule has 0 aliphatic carbocycles. The van der Waals surface area contributed by atoms with Crippen molar-refractivity contribution in [3.8, 4) is 0 Å². The highest BCUT2D eigenvalue weighted by Crippen LogP contribution is 2.07. The number of aromatic nitrogens is 1.